The van der Waals surface area contributed by atoms with Crippen LogP contribution in [0.1, 0.15) is 23.0 Å². The van der Waals surface area contributed by atoms with E-state index in [0.717, 1.165) is 5.56 Å². The van der Waals surface area contributed by atoms with E-state index in [1.807, 2.05) is 23.1 Å². The number of nitrogens with zero attached hydrogens (tertiary/aromatic N) is 3. The summed E-state index contributed by atoms with van der Waals surface area (Å²) in [4.78, 5) is 19.5. The molecule has 3 N–H and O–H groups in total. The quantitative estimate of drug-likeness (QED) is 0.522. The van der Waals surface area contributed by atoms with Crippen LogP contribution in [0.25, 0.3) is 0 Å². The minimum absolute atomic E-state index is 0.0482. The van der Waals surface area contributed by atoms with Gasteiger partial charge >= 0.3 is 0 Å². The van der Waals surface area contributed by atoms with Crippen LogP contribution >= 0.6 is 0 Å². The normalized spacial score (nSPS) is 15.0. The predicted octanol–water partition coefficient (Wildman–Crippen LogP) is 1.17. The second-order valence-electron chi connectivity index (χ2n) is 7.15. The number of halogens is 1. The zero-order valence-corrected chi connectivity index (χ0v) is 18.4. The summed E-state index contributed by atoms with van der Waals surface area (Å²) < 4.78 is 43.1. The molecule has 0 atom stereocenters. The minimum Gasteiger partial charge on any atom is -0.365 e. The van der Waals surface area contributed by atoms with Gasteiger partial charge in [0, 0.05) is 46.3 Å². The highest BCUT2D eigenvalue weighted by molar-refractivity contribution is 7.90. The summed E-state index contributed by atoms with van der Waals surface area (Å²) in [5, 5.41) is 2.43. The Labute approximate surface area is 181 Å². The molecule has 1 amide bonds. The molecule has 0 spiro atoms. The van der Waals surface area contributed by atoms with Crippen LogP contribution in [0.4, 0.5) is 15.8 Å². The first-order chi connectivity index (χ1) is 14.8. The summed E-state index contributed by atoms with van der Waals surface area (Å²) in [6.07, 6.45) is 0. The first-order valence-corrected chi connectivity index (χ1v) is 11.5. The van der Waals surface area contributed by atoms with E-state index in [1.165, 1.54) is 13.1 Å². The first-order valence-electron chi connectivity index (χ1n) is 10.0. The van der Waals surface area contributed by atoms with Crippen molar-refractivity contribution in [1.82, 2.24) is 19.9 Å². The van der Waals surface area contributed by atoms with Gasteiger partial charge in [0.2, 0.25) is 5.95 Å². The molecular weight excluding hydrogens is 423 g/mol. The Morgan fingerprint density at radius 3 is 2.55 bits per heavy atom. The second-order valence-corrected chi connectivity index (χ2v) is 8.65. The van der Waals surface area contributed by atoms with Crippen molar-refractivity contribution in [2.24, 2.45) is 0 Å². The molecule has 2 heterocycles. The molecule has 3 rings (SSSR count). The largest absolute Gasteiger partial charge is 0.365 e. The Bertz CT molecular complexity index is 1030. The lowest BCUT2D eigenvalue weighted by molar-refractivity contribution is 0.0957. The average molecular weight is 451 g/mol. The van der Waals surface area contributed by atoms with E-state index in [0.29, 0.717) is 50.6 Å². The smallest absolute Gasteiger partial charge is 0.299 e. The molecule has 0 saturated carbocycles. The van der Waals surface area contributed by atoms with Gasteiger partial charge in [-0.25, -0.2) is 4.98 Å². The van der Waals surface area contributed by atoms with Crippen molar-refractivity contribution in [1.29, 1.82) is 0 Å². The van der Waals surface area contributed by atoms with Gasteiger partial charge in [-0.05, 0) is 29.8 Å². The third-order valence-electron chi connectivity index (χ3n) is 4.92. The number of aromatic nitrogens is 1. The van der Waals surface area contributed by atoms with Crippen molar-refractivity contribution in [2.45, 2.75) is 13.5 Å². The number of rotatable bonds is 8. The van der Waals surface area contributed by atoms with Crippen molar-refractivity contribution < 1.29 is 17.6 Å². The molecule has 2 aromatic rings. The van der Waals surface area contributed by atoms with Gasteiger partial charge in [-0.3, -0.25) is 14.4 Å². The van der Waals surface area contributed by atoms with Crippen molar-refractivity contribution in [2.75, 3.05) is 49.4 Å². The van der Waals surface area contributed by atoms with Crippen LogP contribution in [0, 0.1) is 5.95 Å². The maximum atomic E-state index is 14.4. The number of hydrogen-bond acceptors (Lipinski definition) is 6. The summed E-state index contributed by atoms with van der Waals surface area (Å²) in [6.45, 7) is 5.34. The fraction of sp³-hybridized carbons (Fsp3) is 0.400. The van der Waals surface area contributed by atoms with Crippen LogP contribution in [0.2, 0.25) is 0 Å². The molecule has 11 heteroatoms. The Balaban J connectivity index is 1.58. The Kier molecular flexibility index (Phi) is 7.42. The molecular formula is C20H27FN6O3S. The zero-order chi connectivity index (χ0) is 22.4. The number of amides is 1. The summed E-state index contributed by atoms with van der Waals surface area (Å²) >= 11 is 0. The number of nitrogens with one attached hydrogen (secondary N) is 3. The van der Waals surface area contributed by atoms with Gasteiger partial charge in [-0.2, -0.15) is 17.5 Å². The summed E-state index contributed by atoms with van der Waals surface area (Å²) in [7, 11) is -2.10. The van der Waals surface area contributed by atoms with Gasteiger partial charge in [0.05, 0.1) is 11.4 Å². The Morgan fingerprint density at radius 2 is 1.90 bits per heavy atom. The van der Waals surface area contributed by atoms with E-state index in [1.54, 1.807) is 19.1 Å². The third-order valence-corrected chi connectivity index (χ3v) is 6.09. The van der Waals surface area contributed by atoms with E-state index >= 15 is 0 Å². The van der Waals surface area contributed by atoms with Crippen molar-refractivity contribution in [3.63, 3.8) is 0 Å². The van der Waals surface area contributed by atoms with Crippen LogP contribution in [0.15, 0.2) is 36.4 Å². The molecule has 0 radical (unpaired) electrons. The molecule has 1 aliphatic heterocycles. The minimum atomic E-state index is -3.57. The zero-order valence-electron chi connectivity index (χ0n) is 17.6. The fourth-order valence-corrected chi connectivity index (χ4v) is 4.33. The first kappa shape index (κ1) is 22.9. The van der Waals surface area contributed by atoms with E-state index < -0.39 is 22.1 Å². The van der Waals surface area contributed by atoms with Gasteiger partial charge in [0.1, 0.15) is 5.69 Å². The number of anilines is 2. The van der Waals surface area contributed by atoms with Crippen LogP contribution < -0.4 is 19.7 Å². The molecule has 1 aromatic carbocycles. The number of pyridine rings is 1. The van der Waals surface area contributed by atoms with Gasteiger partial charge in [-0.1, -0.05) is 19.1 Å². The maximum absolute atomic E-state index is 14.4. The third kappa shape index (κ3) is 6.12. The van der Waals surface area contributed by atoms with Crippen molar-refractivity contribution in [3.05, 3.63) is 53.6 Å². The topological polar surface area (TPSA) is 107 Å². The monoisotopic (exact) mass is 450 g/mol. The number of carbonyl (C=O) groups is 1. The second kappa shape index (κ2) is 10.0. The van der Waals surface area contributed by atoms with Crippen LogP contribution in [-0.4, -0.2) is 64.0 Å². The molecule has 168 valence electrons. The van der Waals surface area contributed by atoms with Gasteiger partial charge in [0.15, 0.2) is 0 Å². The van der Waals surface area contributed by atoms with Gasteiger partial charge in [-0.15, -0.1) is 0 Å². The van der Waals surface area contributed by atoms with Crippen LogP contribution in [0.3, 0.4) is 0 Å². The lowest BCUT2D eigenvalue weighted by Gasteiger charge is -2.36. The number of hydrogen-bond donors (Lipinski definition) is 3. The molecule has 1 aromatic heterocycles. The summed E-state index contributed by atoms with van der Waals surface area (Å²) in [5.74, 6) is -1.08. The lowest BCUT2D eigenvalue weighted by Crippen LogP contribution is -2.46. The van der Waals surface area contributed by atoms with E-state index in [2.05, 4.69) is 24.6 Å². The van der Waals surface area contributed by atoms with Crippen LogP contribution in [0.5, 0.6) is 0 Å². The standard InChI is InChI=1S/C20H27FN6O3S/c1-3-23-31(29,30)25-16-6-4-5-15(13-16)14-26-9-11-27(12-10-26)18-8-7-17(20(28)22-2)24-19(18)21/h4-8,13,23,25H,3,9-12,14H2,1-2H3,(H,22,28). The molecule has 0 aliphatic carbocycles. The van der Waals surface area contributed by atoms with Crippen molar-refractivity contribution in [3.8, 4) is 0 Å². The molecule has 1 aliphatic rings. The summed E-state index contributed by atoms with van der Waals surface area (Å²) in [6, 6.07) is 10.4. The average Bonchev–Trinajstić information content (AvgIpc) is 2.73. The maximum Gasteiger partial charge on any atom is 0.299 e. The van der Waals surface area contributed by atoms with E-state index in [-0.39, 0.29) is 5.69 Å². The van der Waals surface area contributed by atoms with Crippen LogP contribution in [-0.2, 0) is 16.8 Å². The van der Waals surface area contributed by atoms with Crippen molar-refractivity contribution >= 4 is 27.5 Å². The molecule has 31 heavy (non-hydrogen) atoms. The fourth-order valence-electron chi connectivity index (χ4n) is 3.44. The highest BCUT2D eigenvalue weighted by Crippen LogP contribution is 2.21. The Morgan fingerprint density at radius 1 is 1.16 bits per heavy atom. The lowest BCUT2D eigenvalue weighted by atomic mass is 10.1. The van der Waals surface area contributed by atoms with Gasteiger partial charge in [0.25, 0.3) is 16.1 Å². The predicted molar refractivity (Wildman–Crippen MR) is 118 cm³/mol. The number of piperazine rings is 1. The Hall–Kier alpha value is -2.76. The highest BCUT2D eigenvalue weighted by atomic mass is 32.2. The number of benzene rings is 1. The highest BCUT2D eigenvalue weighted by Gasteiger charge is 2.21. The summed E-state index contributed by atoms with van der Waals surface area (Å²) in [5.41, 5.74) is 1.91. The molecule has 9 nitrogen and oxygen atoms in total. The van der Waals surface area contributed by atoms with Gasteiger partial charge < -0.3 is 10.2 Å². The SMILES string of the molecule is CCNS(=O)(=O)Nc1cccc(CN2CCN(c3ccc(C(=O)NC)nc3F)CC2)c1. The molecule has 1 saturated heterocycles. The van der Waals surface area contributed by atoms with E-state index in [9.17, 15) is 17.6 Å². The molecule has 0 bridgehead atoms. The van der Waals surface area contributed by atoms with E-state index in [4.69, 9.17) is 0 Å². The molecule has 0 unspecified atom stereocenters. The number of carbonyl (C=O) groups excluding carboxylic acids is 1. The molecule has 1 fully saturated rings.